The predicted octanol–water partition coefficient (Wildman–Crippen LogP) is -0.767. The zero-order valence-electron chi connectivity index (χ0n) is 12.2. The van der Waals surface area contributed by atoms with Gasteiger partial charge in [0.15, 0.2) is 0 Å². The van der Waals surface area contributed by atoms with Crippen molar-refractivity contribution >= 4 is 11.8 Å². The van der Waals surface area contributed by atoms with Crippen molar-refractivity contribution in [2.75, 3.05) is 32.8 Å². The Hall–Kier alpha value is -2.22. The molecule has 0 spiro atoms. The van der Waals surface area contributed by atoms with Crippen molar-refractivity contribution in [3.8, 4) is 0 Å². The molecule has 3 heterocycles. The van der Waals surface area contributed by atoms with E-state index in [1.54, 1.807) is 9.80 Å². The number of carbonyl (C=O) groups excluding carboxylic acids is 2. The van der Waals surface area contributed by atoms with Crippen LogP contribution in [0.15, 0.2) is 17.2 Å². The Morgan fingerprint density at radius 2 is 1.95 bits per heavy atom. The lowest BCUT2D eigenvalue weighted by atomic mass is 10.2. The molecule has 0 aliphatic carbocycles. The highest BCUT2D eigenvalue weighted by atomic mass is 16.5. The molecule has 1 aromatic heterocycles. The number of rotatable bonds is 2. The van der Waals surface area contributed by atoms with Gasteiger partial charge in [-0.15, -0.1) is 0 Å². The first kappa shape index (κ1) is 14.7. The van der Waals surface area contributed by atoms with E-state index in [-0.39, 0.29) is 29.2 Å². The van der Waals surface area contributed by atoms with Crippen LogP contribution in [0.1, 0.15) is 23.3 Å². The monoisotopic (exact) mass is 306 g/mol. The summed E-state index contributed by atoms with van der Waals surface area (Å²) >= 11 is 0. The van der Waals surface area contributed by atoms with Crippen LogP contribution in [0.2, 0.25) is 0 Å². The van der Waals surface area contributed by atoms with Crippen LogP contribution < -0.4 is 5.56 Å². The van der Waals surface area contributed by atoms with Gasteiger partial charge in [-0.3, -0.25) is 14.4 Å². The zero-order valence-corrected chi connectivity index (χ0v) is 12.2. The molecule has 1 aromatic rings. The van der Waals surface area contributed by atoms with E-state index >= 15 is 0 Å². The van der Waals surface area contributed by atoms with Gasteiger partial charge in [0, 0.05) is 38.9 Å². The third kappa shape index (κ3) is 3.01. The molecule has 8 heteroatoms. The standard InChI is InChI=1S/C14H18N4O4/c19-12-8-10(15-9-16-12)13(20)17-3-5-18(6-4-17)14(21)11-2-1-7-22-11/h8-9,11H,1-7H2,(H,15,16,19). The first-order valence-corrected chi connectivity index (χ1v) is 7.39. The summed E-state index contributed by atoms with van der Waals surface area (Å²) in [5.74, 6) is -0.269. The summed E-state index contributed by atoms with van der Waals surface area (Å²) in [5.41, 5.74) is -0.229. The van der Waals surface area contributed by atoms with Crippen LogP contribution in [0.5, 0.6) is 0 Å². The molecule has 0 radical (unpaired) electrons. The zero-order chi connectivity index (χ0) is 15.5. The van der Waals surface area contributed by atoms with Gasteiger partial charge in [-0.1, -0.05) is 0 Å². The van der Waals surface area contributed by atoms with Gasteiger partial charge in [-0.2, -0.15) is 0 Å². The molecule has 2 amide bonds. The van der Waals surface area contributed by atoms with Gasteiger partial charge in [0.05, 0.1) is 6.33 Å². The van der Waals surface area contributed by atoms with Crippen molar-refractivity contribution in [1.82, 2.24) is 19.8 Å². The molecule has 2 fully saturated rings. The second-order valence-corrected chi connectivity index (χ2v) is 5.42. The van der Waals surface area contributed by atoms with Crippen molar-refractivity contribution in [2.45, 2.75) is 18.9 Å². The molecule has 0 saturated carbocycles. The Bertz CT molecular complexity index is 615. The van der Waals surface area contributed by atoms with Crippen LogP contribution in [-0.4, -0.2) is 70.5 Å². The van der Waals surface area contributed by atoms with Gasteiger partial charge in [0.25, 0.3) is 17.4 Å². The first-order valence-electron chi connectivity index (χ1n) is 7.39. The average molecular weight is 306 g/mol. The van der Waals surface area contributed by atoms with E-state index in [2.05, 4.69) is 9.97 Å². The van der Waals surface area contributed by atoms with E-state index in [0.29, 0.717) is 32.8 Å². The predicted molar refractivity (Wildman–Crippen MR) is 76.3 cm³/mol. The fourth-order valence-corrected chi connectivity index (χ4v) is 2.75. The third-order valence-electron chi connectivity index (χ3n) is 3.98. The number of nitrogens with one attached hydrogen (secondary N) is 1. The van der Waals surface area contributed by atoms with Gasteiger partial charge in [0.2, 0.25) is 0 Å². The molecule has 3 rings (SSSR count). The van der Waals surface area contributed by atoms with Crippen molar-refractivity contribution in [2.24, 2.45) is 0 Å². The molecule has 118 valence electrons. The molecule has 2 saturated heterocycles. The number of hydrogen-bond acceptors (Lipinski definition) is 5. The number of H-pyrrole nitrogens is 1. The van der Waals surface area contributed by atoms with E-state index in [1.165, 1.54) is 12.4 Å². The second-order valence-electron chi connectivity index (χ2n) is 5.42. The lowest BCUT2D eigenvalue weighted by Gasteiger charge is -2.35. The summed E-state index contributed by atoms with van der Waals surface area (Å²) in [7, 11) is 0. The molecule has 2 aliphatic heterocycles. The van der Waals surface area contributed by atoms with Crippen LogP contribution in [-0.2, 0) is 9.53 Å². The minimum atomic E-state index is -0.356. The number of amides is 2. The fourth-order valence-electron chi connectivity index (χ4n) is 2.75. The largest absolute Gasteiger partial charge is 0.368 e. The van der Waals surface area contributed by atoms with Crippen molar-refractivity contribution in [3.05, 3.63) is 28.4 Å². The summed E-state index contributed by atoms with van der Waals surface area (Å²) in [6.45, 7) is 2.47. The van der Waals surface area contributed by atoms with Gasteiger partial charge < -0.3 is 19.5 Å². The van der Waals surface area contributed by atoms with Gasteiger partial charge in [0.1, 0.15) is 11.8 Å². The Morgan fingerprint density at radius 3 is 2.59 bits per heavy atom. The van der Waals surface area contributed by atoms with Gasteiger partial charge in [-0.25, -0.2) is 4.98 Å². The van der Waals surface area contributed by atoms with E-state index in [4.69, 9.17) is 4.74 Å². The van der Waals surface area contributed by atoms with Crippen molar-refractivity contribution in [1.29, 1.82) is 0 Å². The normalized spacial score (nSPS) is 21.9. The lowest BCUT2D eigenvalue weighted by molar-refractivity contribution is -0.142. The van der Waals surface area contributed by atoms with Crippen LogP contribution >= 0.6 is 0 Å². The maximum absolute atomic E-state index is 12.3. The average Bonchev–Trinajstić information content (AvgIpc) is 3.08. The summed E-state index contributed by atoms with van der Waals surface area (Å²) in [4.78, 5) is 45.3. The third-order valence-corrected chi connectivity index (χ3v) is 3.98. The van der Waals surface area contributed by atoms with E-state index in [9.17, 15) is 14.4 Å². The summed E-state index contributed by atoms with van der Waals surface area (Å²) in [5, 5.41) is 0. The summed E-state index contributed by atoms with van der Waals surface area (Å²) < 4.78 is 5.40. The van der Waals surface area contributed by atoms with Gasteiger partial charge in [-0.05, 0) is 12.8 Å². The molecule has 1 unspecified atom stereocenters. The van der Waals surface area contributed by atoms with E-state index < -0.39 is 0 Å². The number of carbonyl (C=O) groups is 2. The quantitative estimate of drug-likeness (QED) is 0.774. The molecule has 22 heavy (non-hydrogen) atoms. The maximum Gasteiger partial charge on any atom is 0.272 e. The molecular formula is C14H18N4O4. The molecular weight excluding hydrogens is 288 g/mol. The van der Waals surface area contributed by atoms with Crippen molar-refractivity contribution in [3.63, 3.8) is 0 Å². The Balaban J connectivity index is 1.58. The lowest BCUT2D eigenvalue weighted by Crippen LogP contribution is -2.53. The molecule has 2 aliphatic rings. The minimum absolute atomic E-state index is 0.0129. The Morgan fingerprint density at radius 1 is 1.23 bits per heavy atom. The molecule has 1 N–H and O–H groups in total. The van der Waals surface area contributed by atoms with Crippen LogP contribution in [0.3, 0.4) is 0 Å². The van der Waals surface area contributed by atoms with Crippen LogP contribution in [0.25, 0.3) is 0 Å². The number of nitrogens with zero attached hydrogens (tertiary/aromatic N) is 3. The molecule has 1 atom stereocenters. The topological polar surface area (TPSA) is 95.6 Å². The van der Waals surface area contributed by atoms with E-state index in [1.807, 2.05) is 0 Å². The maximum atomic E-state index is 12.3. The number of ether oxygens (including phenoxy) is 1. The SMILES string of the molecule is O=C(c1cc(=O)[nH]cn1)N1CCN(C(=O)C2CCCO2)CC1. The molecule has 0 bridgehead atoms. The Labute approximate surface area is 127 Å². The summed E-state index contributed by atoms with van der Waals surface area (Å²) in [6, 6.07) is 1.19. The summed E-state index contributed by atoms with van der Waals surface area (Å²) in [6.07, 6.45) is 2.58. The number of piperazine rings is 1. The number of aromatic nitrogens is 2. The van der Waals surface area contributed by atoms with Crippen LogP contribution in [0, 0.1) is 0 Å². The number of hydrogen-bond donors (Lipinski definition) is 1. The molecule has 8 nitrogen and oxygen atoms in total. The highest BCUT2D eigenvalue weighted by Crippen LogP contribution is 2.16. The van der Waals surface area contributed by atoms with Crippen molar-refractivity contribution < 1.29 is 14.3 Å². The highest BCUT2D eigenvalue weighted by molar-refractivity contribution is 5.92. The number of aromatic amines is 1. The minimum Gasteiger partial charge on any atom is -0.368 e. The highest BCUT2D eigenvalue weighted by Gasteiger charge is 2.31. The van der Waals surface area contributed by atoms with Crippen LogP contribution in [0.4, 0.5) is 0 Å². The first-order chi connectivity index (χ1) is 10.6. The smallest absolute Gasteiger partial charge is 0.272 e. The molecule has 0 aromatic carbocycles. The second kappa shape index (κ2) is 6.27. The van der Waals surface area contributed by atoms with Gasteiger partial charge >= 0.3 is 0 Å². The fraction of sp³-hybridized carbons (Fsp3) is 0.571. The van der Waals surface area contributed by atoms with E-state index in [0.717, 1.165) is 12.8 Å². The Kier molecular flexibility index (Phi) is 4.19.